The molecule has 5 atom stereocenters. The number of ether oxygens (including phenoxy) is 6. The molecule has 1 unspecified atom stereocenters. The van der Waals surface area contributed by atoms with Crippen LogP contribution in [0.5, 0.6) is 5.75 Å². The second-order valence-electron chi connectivity index (χ2n) is 8.50. The summed E-state index contributed by atoms with van der Waals surface area (Å²) in [6, 6.07) is 9.59. The van der Waals surface area contributed by atoms with Gasteiger partial charge in [0.25, 0.3) is 0 Å². The van der Waals surface area contributed by atoms with Crippen molar-refractivity contribution in [1.29, 1.82) is 0 Å². The monoisotopic (exact) mass is 534 g/mol. The van der Waals surface area contributed by atoms with Crippen LogP contribution in [0.1, 0.15) is 49.8 Å². The zero-order chi connectivity index (χ0) is 27.1. The summed E-state index contributed by atoms with van der Waals surface area (Å²) in [6.07, 6.45) is -4.73. The summed E-state index contributed by atoms with van der Waals surface area (Å²) in [5, 5.41) is 1.95. The van der Waals surface area contributed by atoms with Gasteiger partial charge in [0, 0.05) is 32.6 Å². The number of methoxy groups -OCH3 is 1. The smallest absolute Gasteiger partial charge is 0.303 e. The van der Waals surface area contributed by atoms with Gasteiger partial charge in [-0.05, 0) is 41.1 Å². The van der Waals surface area contributed by atoms with E-state index in [-0.39, 0.29) is 6.61 Å². The largest absolute Gasteiger partial charge is 0.497 e. The number of hydrogen-bond acceptors (Lipinski definition) is 11. The summed E-state index contributed by atoms with van der Waals surface area (Å²) in [4.78, 5) is 48.1. The molecule has 0 aliphatic carbocycles. The topological polar surface area (TPSA) is 124 Å². The third kappa shape index (κ3) is 7.77. The minimum Gasteiger partial charge on any atom is -0.497 e. The second kappa shape index (κ2) is 12.7. The summed E-state index contributed by atoms with van der Waals surface area (Å²) in [5.74, 6) is -1.78. The van der Waals surface area contributed by atoms with Gasteiger partial charge in [-0.2, -0.15) is 0 Å². The highest BCUT2D eigenvalue weighted by atomic mass is 32.1. The van der Waals surface area contributed by atoms with Crippen LogP contribution < -0.4 is 4.74 Å². The van der Waals surface area contributed by atoms with E-state index in [2.05, 4.69) is 0 Å². The summed E-state index contributed by atoms with van der Waals surface area (Å²) < 4.78 is 33.1. The Morgan fingerprint density at radius 1 is 0.811 bits per heavy atom. The average molecular weight is 535 g/mol. The van der Waals surface area contributed by atoms with E-state index in [9.17, 15) is 19.2 Å². The second-order valence-corrected chi connectivity index (χ2v) is 9.44. The first-order valence-electron chi connectivity index (χ1n) is 11.6. The highest BCUT2D eigenvalue weighted by Gasteiger charge is 2.52. The molecule has 1 aromatic heterocycles. The molecule has 0 radical (unpaired) electrons. The summed E-state index contributed by atoms with van der Waals surface area (Å²) in [5.41, 5.74) is 2.05. The molecule has 0 bridgehead atoms. The van der Waals surface area contributed by atoms with Gasteiger partial charge in [0.05, 0.1) is 7.11 Å². The highest BCUT2D eigenvalue weighted by Crippen LogP contribution is 2.40. The minimum absolute atomic E-state index is 0.265. The molecule has 10 nitrogen and oxygen atoms in total. The first-order valence-corrected chi connectivity index (χ1v) is 12.5. The van der Waals surface area contributed by atoms with Crippen LogP contribution in [0, 0.1) is 0 Å². The first kappa shape index (κ1) is 28.1. The van der Waals surface area contributed by atoms with Crippen molar-refractivity contribution in [2.24, 2.45) is 0 Å². The van der Waals surface area contributed by atoms with Crippen LogP contribution in [0.2, 0.25) is 0 Å². The van der Waals surface area contributed by atoms with Crippen molar-refractivity contribution in [2.45, 2.75) is 64.6 Å². The quantitative estimate of drug-likeness (QED) is 0.350. The van der Waals surface area contributed by atoms with Crippen LogP contribution in [0.15, 0.2) is 35.7 Å². The van der Waals surface area contributed by atoms with Crippen LogP contribution in [-0.2, 0) is 49.3 Å². The van der Waals surface area contributed by atoms with Gasteiger partial charge in [-0.1, -0.05) is 12.1 Å². The molecule has 0 N–H and O–H groups in total. The molecule has 3 rings (SSSR count). The number of benzene rings is 1. The van der Waals surface area contributed by atoms with Crippen LogP contribution in [0.3, 0.4) is 0 Å². The van der Waals surface area contributed by atoms with Crippen LogP contribution in [0.4, 0.5) is 0 Å². The molecule has 37 heavy (non-hydrogen) atoms. The number of rotatable bonds is 9. The molecule has 2 aromatic rings. The van der Waals surface area contributed by atoms with Crippen LogP contribution in [0.25, 0.3) is 0 Å². The number of hydrogen-bond donors (Lipinski definition) is 0. The fourth-order valence-corrected chi connectivity index (χ4v) is 5.05. The molecule has 0 spiro atoms. The number of carbonyl (C=O) groups is 4. The summed E-state index contributed by atoms with van der Waals surface area (Å²) in [6.45, 7) is 4.57. The van der Waals surface area contributed by atoms with Gasteiger partial charge in [-0.3, -0.25) is 19.2 Å². The Labute approximate surface area is 218 Å². The molecule has 1 saturated heterocycles. The van der Waals surface area contributed by atoms with Gasteiger partial charge in [-0.25, -0.2) is 0 Å². The van der Waals surface area contributed by atoms with Crippen molar-refractivity contribution in [1.82, 2.24) is 0 Å². The molecule has 1 aromatic carbocycles. The molecule has 11 heteroatoms. The van der Waals surface area contributed by atoms with E-state index in [1.807, 2.05) is 35.7 Å². The van der Waals surface area contributed by atoms with E-state index in [1.165, 1.54) is 39.0 Å². The summed E-state index contributed by atoms with van der Waals surface area (Å²) in [7, 11) is 1.60. The number of thiophene rings is 1. The maximum atomic E-state index is 12.0. The third-order valence-electron chi connectivity index (χ3n) is 5.51. The van der Waals surface area contributed by atoms with E-state index < -0.39 is 54.4 Å². The van der Waals surface area contributed by atoms with E-state index in [4.69, 9.17) is 28.4 Å². The predicted molar refractivity (Wildman–Crippen MR) is 131 cm³/mol. The first-order chi connectivity index (χ1) is 17.6. The average Bonchev–Trinajstić information content (AvgIpc) is 3.28. The van der Waals surface area contributed by atoms with Gasteiger partial charge < -0.3 is 28.4 Å². The molecule has 0 amide bonds. The Morgan fingerprint density at radius 2 is 1.41 bits per heavy atom. The highest BCUT2D eigenvalue weighted by molar-refractivity contribution is 7.10. The van der Waals surface area contributed by atoms with Gasteiger partial charge >= 0.3 is 23.9 Å². The molecule has 0 saturated carbocycles. The molecule has 1 fully saturated rings. The van der Waals surface area contributed by atoms with Crippen molar-refractivity contribution in [3.63, 3.8) is 0 Å². The fraction of sp³-hybridized carbons (Fsp3) is 0.462. The lowest BCUT2D eigenvalue weighted by Crippen LogP contribution is -2.59. The SMILES string of the molecule is COc1ccc(Cc2csc([C@@H]3O[C@H](COC(C)=O)[C@@H](OC(C)=O)C(OC(C)=O)[C@H]3OC(C)=O)c2)cc1. The lowest BCUT2D eigenvalue weighted by molar-refractivity contribution is -0.254. The lowest BCUT2D eigenvalue weighted by atomic mass is 9.93. The predicted octanol–water partition coefficient (Wildman–Crippen LogP) is 3.15. The Morgan fingerprint density at radius 3 is 1.97 bits per heavy atom. The van der Waals surface area contributed by atoms with E-state index >= 15 is 0 Å². The molecule has 1 aliphatic rings. The zero-order valence-electron chi connectivity index (χ0n) is 21.3. The Balaban J connectivity index is 1.96. The maximum absolute atomic E-state index is 12.0. The summed E-state index contributed by atoms with van der Waals surface area (Å²) >= 11 is 1.38. The zero-order valence-corrected chi connectivity index (χ0v) is 22.1. The normalized spacial score (nSPS) is 23.0. The van der Waals surface area contributed by atoms with Gasteiger partial charge in [-0.15, -0.1) is 11.3 Å². The molecule has 2 heterocycles. The molecule has 1 aliphatic heterocycles. The number of esters is 4. The van der Waals surface area contributed by atoms with E-state index in [1.54, 1.807) is 7.11 Å². The number of carbonyl (C=O) groups excluding carboxylic acids is 4. The molecule has 200 valence electrons. The fourth-order valence-electron chi connectivity index (χ4n) is 4.07. The van der Waals surface area contributed by atoms with Crippen molar-refractivity contribution < 1.29 is 47.6 Å². The molecular weight excluding hydrogens is 504 g/mol. The van der Waals surface area contributed by atoms with Crippen LogP contribution in [-0.4, -0.2) is 62.0 Å². The van der Waals surface area contributed by atoms with Crippen LogP contribution >= 0.6 is 11.3 Å². The van der Waals surface area contributed by atoms with Crippen molar-refractivity contribution >= 4 is 35.2 Å². The lowest BCUT2D eigenvalue weighted by Gasteiger charge is -2.44. The van der Waals surface area contributed by atoms with Gasteiger partial charge in [0.1, 0.15) is 24.6 Å². The van der Waals surface area contributed by atoms with Gasteiger partial charge in [0.2, 0.25) is 0 Å². The van der Waals surface area contributed by atoms with Crippen molar-refractivity contribution in [3.8, 4) is 5.75 Å². The molecular formula is C26H30O10S. The standard InChI is InChI=1S/C26H30O10S/c1-14(27)32-12-21-23(33-15(2)28)25(34-16(3)29)26(35-17(4)30)24(36-21)22-11-19(13-37-22)10-18-6-8-20(31-5)9-7-18/h6-9,11,13,21,23-26H,10,12H2,1-5H3/t21-,23-,24+,25?,26+/m1/s1. The van der Waals surface area contributed by atoms with Crippen molar-refractivity contribution in [2.75, 3.05) is 13.7 Å². The Kier molecular flexibility index (Phi) is 9.65. The minimum atomic E-state index is -1.20. The van der Waals surface area contributed by atoms with Gasteiger partial charge in [0.15, 0.2) is 18.3 Å². The Bertz CT molecular complexity index is 1110. The van der Waals surface area contributed by atoms with E-state index in [0.717, 1.165) is 16.9 Å². The Hall–Kier alpha value is -3.44. The van der Waals surface area contributed by atoms with Crippen molar-refractivity contribution in [3.05, 3.63) is 51.7 Å². The third-order valence-corrected chi connectivity index (χ3v) is 6.56. The maximum Gasteiger partial charge on any atom is 0.303 e. The van der Waals surface area contributed by atoms with E-state index in [0.29, 0.717) is 11.3 Å².